The van der Waals surface area contributed by atoms with Crippen molar-refractivity contribution < 1.29 is 9.53 Å². The van der Waals surface area contributed by atoms with Gasteiger partial charge in [0.05, 0.1) is 12.7 Å². The number of amides is 1. The van der Waals surface area contributed by atoms with E-state index in [4.69, 9.17) is 4.74 Å². The first-order valence-electron chi connectivity index (χ1n) is 6.62. The SMILES string of the molecule is C=CC(=O)N[C@H]1C[C@@H](OCc2ccccc2)C1(C)C. The molecule has 0 aromatic heterocycles. The van der Waals surface area contributed by atoms with E-state index in [-0.39, 0.29) is 23.5 Å². The fraction of sp³-hybridized carbons (Fsp3) is 0.438. The maximum atomic E-state index is 11.3. The molecule has 1 amide bonds. The van der Waals surface area contributed by atoms with E-state index in [1.54, 1.807) is 0 Å². The first kappa shape index (κ1) is 13.8. The van der Waals surface area contributed by atoms with E-state index in [1.807, 2.05) is 18.2 Å². The van der Waals surface area contributed by atoms with Gasteiger partial charge in [0, 0.05) is 11.5 Å². The van der Waals surface area contributed by atoms with Crippen molar-refractivity contribution in [3.8, 4) is 0 Å². The first-order valence-corrected chi connectivity index (χ1v) is 6.62. The molecular formula is C16H21NO2. The van der Waals surface area contributed by atoms with Crippen LogP contribution in [-0.4, -0.2) is 18.1 Å². The summed E-state index contributed by atoms with van der Waals surface area (Å²) in [6.07, 6.45) is 2.36. The largest absolute Gasteiger partial charge is 0.373 e. The van der Waals surface area contributed by atoms with Gasteiger partial charge in [-0.25, -0.2) is 0 Å². The van der Waals surface area contributed by atoms with Crippen LogP contribution < -0.4 is 5.32 Å². The quantitative estimate of drug-likeness (QED) is 0.826. The van der Waals surface area contributed by atoms with Gasteiger partial charge in [-0.15, -0.1) is 0 Å². The van der Waals surface area contributed by atoms with Crippen LogP contribution >= 0.6 is 0 Å². The minimum Gasteiger partial charge on any atom is -0.373 e. The van der Waals surface area contributed by atoms with Crippen LogP contribution in [0.15, 0.2) is 43.0 Å². The highest BCUT2D eigenvalue weighted by molar-refractivity contribution is 5.87. The monoisotopic (exact) mass is 259 g/mol. The predicted octanol–water partition coefficient (Wildman–Crippen LogP) is 2.67. The van der Waals surface area contributed by atoms with Crippen LogP contribution in [0, 0.1) is 5.41 Å². The topological polar surface area (TPSA) is 38.3 Å². The molecular weight excluding hydrogens is 238 g/mol. The highest BCUT2D eigenvalue weighted by atomic mass is 16.5. The number of benzene rings is 1. The minimum absolute atomic E-state index is 0.0343. The molecule has 1 aliphatic carbocycles. The summed E-state index contributed by atoms with van der Waals surface area (Å²) in [5.74, 6) is -0.111. The van der Waals surface area contributed by atoms with Crippen LogP contribution in [0.2, 0.25) is 0 Å². The van der Waals surface area contributed by atoms with Crippen molar-refractivity contribution in [1.29, 1.82) is 0 Å². The molecule has 1 aromatic rings. The first-order chi connectivity index (χ1) is 9.04. The summed E-state index contributed by atoms with van der Waals surface area (Å²) in [5.41, 5.74) is 1.14. The molecule has 1 aliphatic rings. The minimum atomic E-state index is -0.111. The molecule has 1 saturated carbocycles. The number of carbonyl (C=O) groups is 1. The second-order valence-electron chi connectivity index (χ2n) is 5.61. The van der Waals surface area contributed by atoms with Crippen molar-refractivity contribution in [2.75, 3.05) is 0 Å². The average Bonchev–Trinajstić information content (AvgIpc) is 2.42. The van der Waals surface area contributed by atoms with Gasteiger partial charge in [-0.2, -0.15) is 0 Å². The maximum absolute atomic E-state index is 11.3. The standard InChI is InChI=1S/C16H21NO2/c1-4-15(18)17-13-10-14(16(13,2)3)19-11-12-8-6-5-7-9-12/h4-9,13-14H,1,10-11H2,2-3H3,(H,17,18)/t13-,14+/m0/s1. The van der Waals surface area contributed by atoms with Gasteiger partial charge in [0.2, 0.25) is 5.91 Å². The number of rotatable bonds is 5. The maximum Gasteiger partial charge on any atom is 0.243 e. The fourth-order valence-corrected chi connectivity index (χ4v) is 2.41. The number of hydrogen-bond donors (Lipinski definition) is 1. The van der Waals surface area contributed by atoms with Gasteiger partial charge in [0.1, 0.15) is 0 Å². The Morgan fingerprint density at radius 2 is 2.16 bits per heavy atom. The number of hydrogen-bond acceptors (Lipinski definition) is 2. The van der Waals surface area contributed by atoms with Gasteiger partial charge >= 0.3 is 0 Å². The van der Waals surface area contributed by atoms with E-state index < -0.39 is 0 Å². The molecule has 19 heavy (non-hydrogen) atoms. The van der Waals surface area contributed by atoms with E-state index in [0.717, 1.165) is 6.42 Å². The van der Waals surface area contributed by atoms with E-state index >= 15 is 0 Å². The molecule has 3 nitrogen and oxygen atoms in total. The van der Waals surface area contributed by atoms with Gasteiger partial charge in [-0.05, 0) is 18.1 Å². The third-order valence-corrected chi connectivity index (χ3v) is 3.97. The molecule has 0 radical (unpaired) electrons. The normalized spacial score (nSPS) is 24.3. The summed E-state index contributed by atoms with van der Waals surface area (Å²) in [6.45, 7) is 8.34. The number of nitrogens with one attached hydrogen (secondary N) is 1. The smallest absolute Gasteiger partial charge is 0.243 e. The molecule has 1 fully saturated rings. The molecule has 1 N–H and O–H groups in total. The van der Waals surface area contributed by atoms with Crippen molar-refractivity contribution in [1.82, 2.24) is 5.32 Å². The van der Waals surface area contributed by atoms with Crippen molar-refractivity contribution in [2.24, 2.45) is 5.41 Å². The Bertz CT molecular complexity index is 453. The predicted molar refractivity (Wildman–Crippen MR) is 75.5 cm³/mol. The van der Waals surface area contributed by atoms with E-state index in [9.17, 15) is 4.79 Å². The zero-order valence-electron chi connectivity index (χ0n) is 11.6. The summed E-state index contributed by atoms with van der Waals surface area (Å²) in [6, 6.07) is 10.3. The Hall–Kier alpha value is -1.61. The second kappa shape index (κ2) is 5.57. The van der Waals surface area contributed by atoms with Crippen molar-refractivity contribution in [2.45, 2.75) is 39.0 Å². The Morgan fingerprint density at radius 3 is 2.74 bits per heavy atom. The Labute approximate surface area is 114 Å². The fourth-order valence-electron chi connectivity index (χ4n) is 2.41. The van der Waals surface area contributed by atoms with Gasteiger partial charge < -0.3 is 10.1 Å². The lowest BCUT2D eigenvalue weighted by Gasteiger charge is -2.51. The van der Waals surface area contributed by atoms with Crippen LogP contribution in [0.1, 0.15) is 25.8 Å². The molecule has 2 atom stereocenters. The van der Waals surface area contributed by atoms with Gasteiger partial charge in [-0.3, -0.25) is 4.79 Å². The number of ether oxygens (including phenoxy) is 1. The van der Waals surface area contributed by atoms with Gasteiger partial charge in [0.15, 0.2) is 0 Å². The highest BCUT2D eigenvalue weighted by Gasteiger charge is 2.49. The van der Waals surface area contributed by atoms with Crippen molar-refractivity contribution >= 4 is 5.91 Å². The average molecular weight is 259 g/mol. The summed E-state index contributed by atoms with van der Waals surface area (Å²) in [7, 11) is 0. The third-order valence-electron chi connectivity index (χ3n) is 3.97. The number of carbonyl (C=O) groups excluding carboxylic acids is 1. The van der Waals surface area contributed by atoms with E-state index in [2.05, 4.69) is 37.9 Å². The lowest BCUT2D eigenvalue weighted by molar-refractivity contribution is -0.137. The lowest BCUT2D eigenvalue weighted by atomic mass is 9.64. The van der Waals surface area contributed by atoms with E-state index in [1.165, 1.54) is 11.6 Å². The third kappa shape index (κ3) is 3.04. The molecule has 1 aromatic carbocycles. The summed E-state index contributed by atoms with van der Waals surface area (Å²) >= 11 is 0. The zero-order chi connectivity index (χ0) is 13.9. The second-order valence-corrected chi connectivity index (χ2v) is 5.61. The zero-order valence-corrected chi connectivity index (χ0v) is 11.6. The van der Waals surface area contributed by atoms with Crippen LogP contribution in [0.5, 0.6) is 0 Å². The Morgan fingerprint density at radius 1 is 1.47 bits per heavy atom. The molecule has 3 heteroatoms. The lowest BCUT2D eigenvalue weighted by Crippen LogP contribution is -2.61. The van der Waals surface area contributed by atoms with Crippen LogP contribution in [-0.2, 0) is 16.1 Å². The Kier molecular flexibility index (Phi) is 4.05. The Balaban J connectivity index is 1.84. The van der Waals surface area contributed by atoms with Gasteiger partial charge in [-0.1, -0.05) is 50.8 Å². The molecule has 0 spiro atoms. The highest BCUT2D eigenvalue weighted by Crippen LogP contribution is 2.43. The molecule has 0 heterocycles. The summed E-state index contributed by atoms with van der Waals surface area (Å²) in [4.78, 5) is 11.3. The van der Waals surface area contributed by atoms with Crippen molar-refractivity contribution in [3.63, 3.8) is 0 Å². The molecule has 0 unspecified atom stereocenters. The summed E-state index contributed by atoms with van der Waals surface area (Å²) in [5, 5.41) is 2.95. The van der Waals surface area contributed by atoms with Crippen LogP contribution in [0.4, 0.5) is 0 Å². The van der Waals surface area contributed by atoms with E-state index in [0.29, 0.717) is 6.61 Å². The molecule has 0 bridgehead atoms. The molecule has 0 saturated heterocycles. The van der Waals surface area contributed by atoms with Crippen molar-refractivity contribution in [3.05, 3.63) is 48.6 Å². The van der Waals surface area contributed by atoms with Crippen LogP contribution in [0.25, 0.3) is 0 Å². The van der Waals surface area contributed by atoms with Gasteiger partial charge in [0.25, 0.3) is 0 Å². The van der Waals surface area contributed by atoms with Crippen LogP contribution in [0.3, 0.4) is 0 Å². The molecule has 102 valence electrons. The molecule has 0 aliphatic heterocycles. The molecule has 2 rings (SSSR count). The summed E-state index contributed by atoms with van der Waals surface area (Å²) < 4.78 is 5.95.